The lowest BCUT2D eigenvalue weighted by atomic mass is 10.1. The van der Waals surface area contributed by atoms with E-state index in [1.165, 1.54) is 12.1 Å². The van der Waals surface area contributed by atoms with Crippen LogP contribution in [-0.2, 0) is 26.0 Å². The van der Waals surface area contributed by atoms with Crippen LogP contribution in [0.2, 0.25) is 0 Å². The van der Waals surface area contributed by atoms with Crippen LogP contribution >= 0.6 is 0 Å². The van der Waals surface area contributed by atoms with Gasteiger partial charge >= 0.3 is 0 Å². The van der Waals surface area contributed by atoms with Gasteiger partial charge in [0.05, 0.1) is 4.90 Å². The molecule has 0 atom stereocenters. The number of primary sulfonamides is 1. The second-order valence-electron chi connectivity index (χ2n) is 5.55. The highest BCUT2D eigenvalue weighted by Gasteiger charge is 2.20. The van der Waals surface area contributed by atoms with Gasteiger partial charge in [0, 0.05) is 19.6 Å². The molecule has 1 heterocycles. The molecule has 2 rings (SSSR count). The number of nitrogens with zero attached hydrogens (tertiary/aromatic N) is 1. The predicted molar refractivity (Wildman–Crippen MR) is 85.0 cm³/mol. The van der Waals surface area contributed by atoms with Crippen molar-refractivity contribution in [3.05, 3.63) is 29.8 Å². The Morgan fingerprint density at radius 2 is 1.74 bits per heavy atom. The third-order valence-corrected chi connectivity index (χ3v) is 4.69. The van der Waals surface area contributed by atoms with Crippen molar-refractivity contribution in [1.82, 2.24) is 10.2 Å². The number of likely N-dealkylation sites (tertiary alicyclic amines) is 1. The third-order valence-electron chi connectivity index (χ3n) is 3.76. The van der Waals surface area contributed by atoms with Gasteiger partial charge in [-0.05, 0) is 37.0 Å². The van der Waals surface area contributed by atoms with Crippen molar-refractivity contribution in [3.63, 3.8) is 0 Å². The van der Waals surface area contributed by atoms with E-state index in [4.69, 9.17) is 5.14 Å². The SMILES string of the molecule is NS(=O)(=O)c1ccc(CCNC(=O)CC(=O)N2CCCC2)cc1. The summed E-state index contributed by atoms with van der Waals surface area (Å²) in [4.78, 5) is 25.3. The van der Waals surface area contributed by atoms with Crippen molar-refractivity contribution in [2.24, 2.45) is 5.14 Å². The van der Waals surface area contributed by atoms with Crippen LogP contribution in [0.1, 0.15) is 24.8 Å². The highest BCUT2D eigenvalue weighted by Crippen LogP contribution is 2.10. The van der Waals surface area contributed by atoms with E-state index < -0.39 is 10.0 Å². The number of carbonyl (C=O) groups is 2. The van der Waals surface area contributed by atoms with E-state index in [-0.39, 0.29) is 23.1 Å². The topological polar surface area (TPSA) is 110 Å². The molecule has 0 saturated carbocycles. The van der Waals surface area contributed by atoms with Crippen LogP contribution in [0.25, 0.3) is 0 Å². The minimum Gasteiger partial charge on any atom is -0.355 e. The first-order chi connectivity index (χ1) is 10.9. The van der Waals surface area contributed by atoms with Gasteiger partial charge in [-0.3, -0.25) is 9.59 Å². The average Bonchev–Trinajstić information content (AvgIpc) is 3.01. The molecule has 23 heavy (non-hydrogen) atoms. The summed E-state index contributed by atoms with van der Waals surface area (Å²) in [5.41, 5.74) is 0.878. The summed E-state index contributed by atoms with van der Waals surface area (Å²) in [6.07, 6.45) is 2.43. The summed E-state index contributed by atoms with van der Waals surface area (Å²) >= 11 is 0. The molecule has 0 radical (unpaired) electrons. The van der Waals surface area contributed by atoms with Crippen molar-refractivity contribution in [1.29, 1.82) is 0 Å². The van der Waals surface area contributed by atoms with Gasteiger partial charge in [-0.15, -0.1) is 0 Å². The maximum atomic E-state index is 11.8. The van der Waals surface area contributed by atoms with Crippen LogP contribution in [0.15, 0.2) is 29.2 Å². The molecule has 0 bridgehead atoms. The molecular formula is C15H21N3O4S. The minimum atomic E-state index is -3.69. The molecule has 0 spiro atoms. The summed E-state index contributed by atoms with van der Waals surface area (Å²) in [6.45, 7) is 1.87. The largest absolute Gasteiger partial charge is 0.355 e. The monoisotopic (exact) mass is 339 g/mol. The average molecular weight is 339 g/mol. The van der Waals surface area contributed by atoms with Gasteiger partial charge in [0.1, 0.15) is 6.42 Å². The Bertz CT molecular complexity index is 664. The van der Waals surface area contributed by atoms with Gasteiger partial charge < -0.3 is 10.2 Å². The van der Waals surface area contributed by atoms with E-state index in [1.807, 2.05) is 0 Å². The third kappa shape index (κ3) is 5.33. The fourth-order valence-corrected chi connectivity index (χ4v) is 2.99. The second-order valence-corrected chi connectivity index (χ2v) is 7.12. The Morgan fingerprint density at radius 3 is 2.30 bits per heavy atom. The van der Waals surface area contributed by atoms with Gasteiger partial charge in [-0.2, -0.15) is 0 Å². The van der Waals surface area contributed by atoms with Gasteiger partial charge in [-0.1, -0.05) is 12.1 Å². The van der Waals surface area contributed by atoms with Gasteiger partial charge in [0.25, 0.3) is 0 Å². The van der Waals surface area contributed by atoms with Crippen LogP contribution in [0.4, 0.5) is 0 Å². The molecule has 7 nitrogen and oxygen atoms in total. The highest BCUT2D eigenvalue weighted by atomic mass is 32.2. The van der Waals surface area contributed by atoms with Crippen LogP contribution in [0.3, 0.4) is 0 Å². The summed E-state index contributed by atoms with van der Waals surface area (Å²) in [5, 5.41) is 7.73. The number of nitrogens with one attached hydrogen (secondary N) is 1. The normalized spacial score (nSPS) is 14.7. The van der Waals surface area contributed by atoms with Crippen molar-refractivity contribution in [3.8, 4) is 0 Å². The maximum Gasteiger partial charge on any atom is 0.238 e. The molecule has 0 unspecified atom stereocenters. The number of amides is 2. The zero-order chi connectivity index (χ0) is 16.9. The Labute approximate surface area is 135 Å². The quantitative estimate of drug-likeness (QED) is 0.711. The van der Waals surface area contributed by atoms with E-state index in [0.717, 1.165) is 31.5 Å². The number of rotatable bonds is 6. The Hall–Kier alpha value is -1.93. The van der Waals surface area contributed by atoms with E-state index in [1.54, 1.807) is 17.0 Å². The van der Waals surface area contributed by atoms with Gasteiger partial charge in [-0.25, -0.2) is 13.6 Å². The van der Waals surface area contributed by atoms with Crippen LogP contribution in [0, 0.1) is 0 Å². The lowest BCUT2D eigenvalue weighted by molar-refractivity contribution is -0.135. The van der Waals surface area contributed by atoms with E-state index in [2.05, 4.69) is 5.32 Å². The molecule has 126 valence electrons. The lowest BCUT2D eigenvalue weighted by Crippen LogP contribution is -2.34. The molecule has 0 aliphatic carbocycles. The molecule has 1 aliphatic heterocycles. The molecule has 1 aromatic rings. The predicted octanol–water partition coefficient (Wildman–Crippen LogP) is 0.00520. The number of benzene rings is 1. The van der Waals surface area contributed by atoms with Crippen molar-refractivity contribution < 1.29 is 18.0 Å². The van der Waals surface area contributed by atoms with Crippen LogP contribution in [-0.4, -0.2) is 44.8 Å². The molecule has 8 heteroatoms. The summed E-state index contributed by atoms with van der Waals surface area (Å²) in [7, 11) is -3.69. The number of sulfonamides is 1. The van der Waals surface area contributed by atoms with E-state index in [9.17, 15) is 18.0 Å². The first-order valence-corrected chi connectivity index (χ1v) is 9.07. The first-order valence-electron chi connectivity index (χ1n) is 7.52. The Balaban J connectivity index is 1.74. The molecule has 1 aliphatic rings. The fourth-order valence-electron chi connectivity index (χ4n) is 2.47. The number of hydrogen-bond donors (Lipinski definition) is 2. The zero-order valence-corrected chi connectivity index (χ0v) is 13.6. The highest BCUT2D eigenvalue weighted by molar-refractivity contribution is 7.89. The summed E-state index contributed by atoms with van der Waals surface area (Å²) in [5.74, 6) is -0.416. The number of nitrogens with two attached hydrogens (primary N) is 1. The molecule has 0 aromatic heterocycles. The number of carbonyl (C=O) groups excluding carboxylic acids is 2. The van der Waals surface area contributed by atoms with E-state index >= 15 is 0 Å². The first kappa shape index (κ1) is 17.4. The van der Waals surface area contributed by atoms with Gasteiger partial charge in [0.2, 0.25) is 21.8 Å². The van der Waals surface area contributed by atoms with Crippen molar-refractivity contribution in [2.45, 2.75) is 30.6 Å². The minimum absolute atomic E-state index is 0.0569. The Morgan fingerprint density at radius 1 is 1.13 bits per heavy atom. The number of hydrogen-bond acceptors (Lipinski definition) is 4. The summed E-state index contributed by atoms with van der Waals surface area (Å²) < 4.78 is 22.3. The standard InChI is InChI=1S/C15H21N3O4S/c16-23(21,22)13-5-3-12(4-6-13)7-8-17-14(19)11-15(20)18-9-1-2-10-18/h3-6H,1-2,7-11H2,(H,17,19)(H2,16,21,22). The van der Waals surface area contributed by atoms with Crippen molar-refractivity contribution in [2.75, 3.05) is 19.6 Å². The van der Waals surface area contributed by atoms with Crippen molar-refractivity contribution >= 4 is 21.8 Å². The summed E-state index contributed by atoms with van der Waals surface area (Å²) in [6, 6.07) is 6.18. The van der Waals surface area contributed by atoms with Crippen LogP contribution in [0.5, 0.6) is 0 Å². The van der Waals surface area contributed by atoms with Gasteiger partial charge in [0.15, 0.2) is 0 Å². The molecule has 2 amide bonds. The molecule has 3 N–H and O–H groups in total. The zero-order valence-electron chi connectivity index (χ0n) is 12.8. The fraction of sp³-hybridized carbons (Fsp3) is 0.467. The Kier molecular flexibility index (Phi) is 5.73. The molecular weight excluding hydrogens is 318 g/mol. The molecule has 1 saturated heterocycles. The molecule has 1 fully saturated rings. The van der Waals surface area contributed by atoms with E-state index in [0.29, 0.717) is 13.0 Å². The van der Waals surface area contributed by atoms with Crippen LogP contribution < -0.4 is 10.5 Å². The smallest absolute Gasteiger partial charge is 0.238 e. The lowest BCUT2D eigenvalue weighted by Gasteiger charge is -2.14. The second kappa shape index (κ2) is 7.56. The maximum absolute atomic E-state index is 11.8. The molecule has 1 aromatic carbocycles.